The zero-order valence-electron chi connectivity index (χ0n) is 12.2. The lowest BCUT2D eigenvalue weighted by Gasteiger charge is -2.32. The van der Waals surface area contributed by atoms with Gasteiger partial charge in [0.15, 0.2) is 0 Å². The first kappa shape index (κ1) is 15.5. The number of sulfonamides is 1. The standard InChI is InChI=1S/C15H24N2O2S/c1-11-3-6-14(9-12(11)2)17-20(18,19)15-7-4-13(10-16)5-8-15/h4-5,7-8,11-12,14,17H,3,6,9-10,16H2,1-2H3. The molecule has 1 aliphatic carbocycles. The SMILES string of the molecule is CC1CCC(NS(=O)(=O)c2ccc(CN)cc2)CC1C. The highest BCUT2D eigenvalue weighted by Crippen LogP contribution is 2.30. The van der Waals surface area contributed by atoms with Crippen LogP contribution >= 0.6 is 0 Å². The molecule has 20 heavy (non-hydrogen) atoms. The van der Waals surface area contributed by atoms with Crippen LogP contribution in [0.3, 0.4) is 0 Å². The minimum absolute atomic E-state index is 0.0559. The molecule has 3 unspecified atom stereocenters. The van der Waals surface area contributed by atoms with Crippen LogP contribution in [0.25, 0.3) is 0 Å². The minimum Gasteiger partial charge on any atom is -0.326 e. The Balaban J connectivity index is 2.07. The highest BCUT2D eigenvalue weighted by atomic mass is 32.2. The summed E-state index contributed by atoms with van der Waals surface area (Å²) in [6.45, 7) is 4.86. The number of hydrogen-bond acceptors (Lipinski definition) is 3. The minimum atomic E-state index is -3.42. The molecular formula is C15H24N2O2S. The maximum atomic E-state index is 12.3. The molecule has 1 aromatic carbocycles. The van der Waals surface area contributed by atoms with Crippen LogP contribution < -0.4 is 10.5 Å². The van der Waals surface area contributed by atoms with Crippen molar-refractivity contribution in [2.45, 2.75) is 50.6 Å². The smallest absolute Gasteiger partial charge is 0.240 e. The van der Waals surface area contributed by atoms with E-state index in [1.165, 1.54) is 0 Å². The van der Waals surface area contributed by atoms with Crippen molar-refractivity contribution < 1.29 is 8.42 Å². The van der Waals surface area contributed by atoms with E-state index in [2.05, 4.69) is 18.6 Å². The van der Waals surface area contributed by atoms with Crippen molar-refractivity contribution in [3.8, 4) is 0 Å². The summed E-state index contributed by atoms with van der Waals surface area (Å²) in [5.74, 6) is 1.25. The summed E-state index contributed by atoms with van der Waals surface area (Å²) < 4.78 is 27.5. The van der Waals surface area contributed by atoms with E-state index in [4.69, 9.17) is 5.73 Å². The van der Waals surface area contributed by atoms with Crippen LogP contribution in [-0.2, 0) is 16.6 Å². The van der Waals surface area contributed by atoms with E-state index in [9.17, 15) is 8.42 Å². The van der Waals surface area contributed by atoms with Gasteiger partial charge in [0.2, 0.25) is 10.0 Å². The number of rotatable bonds is 4. The Hall–Kier alpha value is -0.910. The number of benzene rings is 1. The second-order valence-corrected chi connectivity index (χ2v) is 7.65. The Labute approximate surface area is 121 Å². The maximum absolute atomic E-state index is 12.3. The van der Waals surface area contributed by atoms with Crippen molar-refractivity contribution >= 4 is 10.0 Å². The number of hydrogen-bond donors (Lipinski definition) is 2. The van der Waals surface area contributed by atoms with Gasteiger partial charge in [-0.15, -0.1) is 0 Å². The molecule has 3 atom stereocenters. The molecule has 0 aromatic heterocycles. The van der Waals surface area contributed by atoms with E-state index in [1.807, 2.05) is 0 Å². The van der Waals surface area contributed by atoms with Crippen LogP contribution in [0, 0.1) is 11.8 Å². The zero-order chi connectivity index (χ0) is 14.8. The number of nitrogens with two attached hydrogens (primary N) is 1. The van der Waals surface area contributed by atoms with Crippen LogP contribution in [-0.4, -0.2) is 14.5 Å². The van der Waals surface area contributed by atoms with E-state index in [0.717, 1.165) is 24.8 Å². The highest BCUT2D eigenvalue weighted by Gasteiger charge is 2.28. The summed E-state index contributed by atoms with van der Waals surface area (Å²) in [6.07, 6.45) is 2.92. The molecule has 2 rings (SSSR count). The van der Waals surface area contributed by atoms with Crippen molar-refractivity contribution in [3.63, 3.8) is 0 Å². The first-order valence-electron chi connectivity index (χ1n) is 7.23. The summed E-state index contributed by atoms with van der Waals surface area (Å²) in [5.41, 5.74) is 6.46. The lowest BCUT2D eigenvalue weighted by molar-refractivity contribution is 0.242. The van der Waals surface area contributed by atoms with Crippen molar-refractivity contribution in [3.05, 3.63) is 29.8 Å². The maximum Gasteiger partial charge on any atom is 0.240 e. The Morgan fingerprint density at radius 2 is 1.80 bits per heavy atom. The van der Waals surface area contributed by atoms with Crippen LogP contribution in [0.1, 0.15) is 38.7 Å². The van der Waals surface area contributed by atoms with Gasteiger partial charge < -0.3 is 5.73 Å². The Morgan fingerprint density at radius 3 is 2.35 bits per heavy atom. The lowest BCUT2D eigenvalue weighted by Crippen LogP contribution is -2.39. The molecule has 0 radical (unpaired) electrons. The fourth-order valence-electron chi connectivity index (χ4n) is 2.75. The molecule has 0 aliphatic heterocycles. The summed E-state index contributed by atoms with van der Waals surface area (Å²) in [4.78, 5) is 0.320. The van der Waals surface area contributed by atoms with Crippen LogP contribution in [0.5, 0.6) is 0 Å². The molecule has 0 spiro atoms. The summed E-state index contributed by atoms with van der Waals surface area (Å²) in [6, 6.07) is 6.83. The van der Waals surface area contributed by atoms with Gasteiger partial charge in [-0.3, -0.25) is 0 Å². The van der Waals surface area contributed by atoms with Gasteiger partial charge in [0.05, 0.1) is 4.90 Å². The Bertz CT molecular complexity index is 539. The zero-order valence-corrected chi connectivity index (χ0v) is 13.0. The molecule has 5 heteroatoms. The molecule has 0 amide bonds. The topological polar surface area (TPSA) is 72.2 Å². The Kier molecular flexibility index (Phi) is 4.83. The molecule has 3 N–H and O–H groups in total. The largest absolute Gasteiger partial charge is 0.326 e. The molecule has 1 aliphatic rings. The summed E-state index contributed by atoms with van der Waals surface area (Å²) >= 11 is 0. The van der Waals surface area contributed by atoms with Crippen LogP contribution in [0.4, 0.5) is 0 Å². The van der Waals surface area contributed by atoms with Gasteiger partial charge in [0.1, 0.15) is 0 Å². The van der Waals surface area contributed by atoms with Crippen molar-refractivity contribution in [2.75, 3.05) is 0 Å². The van der Waals surface area contributed by atoms with Crippen molar-refractivity contribution in [1.29, 1.82) is 0 Å². The van der Waals surface area contributed by atoms with Crippen molar-refractivity contribution in [2.24, 2.45) is 17.6 Å². The molecule has 1 fully saturated rings. The highest BCUT2D eigenvalue weighted by molar-refractivity contribution is 7.89. The molecule has 0 heterocycles. The molecule has 4 nitrogen and oxygen atoms in total. The molecule has 1 saturated carbocycles. The van der Waals surface area contributed by atoms with E-state index >= 15 is 0 Å². The molecule has 112 valence electrons. The van der Waals surface area contributed by atoms with Crippen LogP contribution in [0.2, 0.25) is 0 Å². The lowest BCUT2D eigenvalue weighted by atomic mass is 9.79. The second-order valence-electron chi connectivity index (χ2n) is 5.93. The fraction of sp³-hybridized carbons (Fsp3) is 0.600. The molecule has 1 aromatic rings. The predicted molar refractivity (Wildman–Crippen MR) is 80.6 cm³/mol. The van der Waals surface area contributed by atoms with Gasteiger partial charge in [-0.05, 0) is 48.8 Å². The third kappa shape index (κ3) is 3.59. The van der Waals surface area contributed by atoms with Gasteiger partial charge in [-0.25, -0.2) is 13.1 Å². The van der Waals surface area contributed by atoms with Gasteiger partial charge in [-0.1, -0.05) is 26.0 Å². The van der Waals surface area contributed by atoms with Gasteiger partial charge >= 0.3 is 0 Å². The van der Waals surface area contributed by atoms with E-state index in [1.54, 1.807) is 24.3 Å². The summed E-state index contributed by atoms with van der Waals surface area (Å²) in [5, 5.41) is 0. The van der Waals surface area contributed by atoms with Gasteiger partial charge in [-0.2, -0.15) is 0 Å². The monoisotopic (exact) mass is 296 g/mol. The second kappa shape index (κ2) is 6.24. The molecule has 0 bridgehead atoms. The quantitative estimate of drug-likeness (QED) is 0.895. The predicted octanol–water partition coefficient (Wildman–Crippen LogP) is 2.25. The average Bonchev–Trinajstić information content (AvgIpc) is 2.43. The Morgan fingerprint density at radius 1 is 1.15 bits per heavy atom. The summed E-state index contributed by atoms with van der Waals surface area (Å²) in [7, 11) is -3.42. The van der Waals surface area contributed by atoms with E-state index in [-0.39, 0.29) is 6.04 Å². The van der Waals surface area contributed by atoms with Crippen LogP contribution in [0.15, 0.2) is 29.2 Å². The van der Waals surface area contributed by atoms with Gasteiger partial charge in [0, 0.05) is 12.6 Å². The molecule has 0 saturated heterocycles. The van der Waals surface area contributed by atoms with Gasteiger partial charge in [0.25, 0.3) is 0 Å². The number of nitrogens with one attached hydrogen (secondary N) is 1. The third-order valence-corrected chi connectivity index (χ3v) is 5.93. The molecular weight excluding hydrogens is 272 g/mol. The third-order valence-electron chi connectivity index (χ3n) is 4.39. The average molecular weight is 296 g/mol. The normalized spacial score (nSPS) is 27.4. The van der Waals surface area contributed by atoms with E-state index in [0.29, 0.717) is 23.3 Å². The fourth-order valence-corrected chi connectivity index (χ4v) is 4.03. The van der Waals surface area contributed by atoms with E-state index < -0.39 is 10.0 Å². The first-order chi connectivity index (χ1) is 9.42. The van der Waals surface area contributed by atoms with Crippen molar-refractivity contribution in [1.82, 2.24) is 4.72 Å². The first-order valence-corrected chi connectivity index (χ1v) is 8.72.